The van der Waals surface area contributed by atoms with Gasteiger partial charge in [-0.2, -0.15) is 26.3 Å². The highest BCUT2D eigenvalue weighted by Gasteiger charge is 2.37. The zero-order chi connectivity index (χ0) is 20.5. The number of carbonyl (C=O) groups is 1. The quantitative estimate of drug-likeness (QED) is 0.656. The first kappa shape index (κ1) is 19.4. The first-order chi connectivity index (χ1) is 13.0. The number of hydrogen-bond donors (Lipinski definition) is 1. The number of carbonyl (C=O) groups excluding carboxylic acids is 1. The number of rotatable bonds is 3. The molecule has 0 aliphatic rings. The number of nitrogens with one attached hydrogen (secondary N) is 1. The lowest BCUT2D eigenvalue weighted by Crippen LogP contribution is -2.16. The molecule has 3 aromatic rings. The zero-order valence-electron chi connectivity index (χ0n) is 13.7. The third-order valence-corrected chi connectivity index (χ3v) is 3.59. The number of benzene rings is 2. The van der Waals surface area contributed by atoms with Crippen LogP contribution in [-0.2, 0) is 12.4 Å². The van der Waals surface area contributed by atoms with Gasteiger partial charge in [-0.05, 0) is 30.3 Å². The van der Waals surface area contributed by atoms with E-state index in [1.807, 2.05) is 5.32 Å². The van der Waals surface area contributed by atoms with E-state index in [4.69, 9.17) is 0 Å². The fourth-order valence-electron chi connectivity index (χ4n) is 2.30. The van der Waals surface area contributed by atoms with Gasteiger partial charge in [-0.15, -0.1) is 5.10 Å². The van der Waals surface area contributed by atoms with Crippen LogP contribution in [0.1, 0.15) is 21.6 Å². The summed E-state index contributed by atoms with van der Waals surface area (Å²) in [4.78, 5) is 12.2. The van der Waals surface area contributed by atoms with Gasteiger partial charge in [0.2, 0.25) is 0 Å². The van der Waals surface area contributed by atoms with Crippen molar-refractivity contribution in [1.29, 1.82) is 0 Å². The number of amides is 1. The van der Waals surface area contributed by atoms with Crippen molar-refractivity contribution in [3.63, 3.8) is 0 Å². The number of halogens is 6. The SMILES string of the molecule is O=C(Nc1cc(C(F)(F)F)cc(C(F)(F)F)c1)c1cn(-c2ccccc2)nn1. The minimum atomic E-state index is -5.02. The molecule has 28 heavy (non-hydrogen) atoms. The third-order valence-electron chi connectivity index (χ3n) is 3.59. The molecule has 0 bridgehead atoms. The maximum atomic E-state index is 12.9. The maximum Gasteiger partial charge on any atom is 0.416 e. The van der Waals surface area contributed by atoms with E-state index < -0.39 is 35.1 Å². The number of anilines is 1. The molecule has 3 rings (SSSR count). The summed E-state index contributed by atoms with van der Waals surface area (Å²) in [6.07, 6.45) is -8.84. The van der Waals surface area contributed by atoms with Gasteiger partial charge in [0.1, 0.15) is 0 Å². The fourth-order valence-corrected chi connectivity index (χ4v) is 2.30. The molecule has 0 spiro atoms. The van der Waals surface area contributed by atoms with Crippen molar-refractivity contribution in [3.8, 4) is 5.69 Å². The van der Waals surface area contributed by atoms with Crippen LogP contribution in [0.15, 0.2) is 54.7 Å². The van der Waals surface area contributed by atoms with E-state index in [-0.39, 0.29) is 11.8 Å². The van der Waals surface area contributed by atoms with Crippen molar-refractivity contribution >= 4 is 11.6 Å². The van der Waals surface area contributed by atoms with Gasteiger partial charge in [0.15, 0.2) is 5.69 Å². The molecule has 1 heterocycles. The average Bonchev–Trinajstić information content (AvgIpc) is 3.11. The van der Waals surface area contributed by atoms with E-state index in [1.165, 1.54) is 10.9 Å². The van der Waals surface area contributed by atoms with E-state index in [1.54, 1.807) is 30.3 Å². The smallest absolute Gasteiger partial charge is 0.321 e. The molecule has 0 saturated carbocycles. The second kappa shape index (κ2) is 6.98. The Balaban J connectivity index is 1.89. The van der Waals surface area contributed by atoms with Gasteiger partial charge in [-0.1, -0.05) is 23.4 Å². The summed E-state index contributed by atoms with van der Waals surface area (Å²) in [6.45, 7) is 0. The van der Waals surface area contributed by atoms with E-state index >= 15 is 0 Å². The van der Waals surface area contributed by atoms with E-state index in [2.05, 4.69) is 10.3 Å². The van der Waals surface area contributed by atoms with Crippen molar-refractivity contribution in [3.05, 3.63) is 71.5 Å². The van der Waals surface area contributed by atoms with Crippen LogP contribution < -0.4 is 5.32 Å². The number of para-hydroxylation sites is 1. The molecule has 0 unspecified atom stereocenters. The van der Waals surface area contributed by atoms with Gasteiger partial charge < -0.3 is 5.32 Å². The maximum absolute atomic E-state index is 12.9. The standard InChI is InChI=1S/C17H10F6N4O/c18-16(19,20)10-6-11(17(21,22)23)8-12(7-10)24-15(28)14-9-27(26-25-14)13-4-2-1-3-5-13/h1-9H,(H,24,28). The van der Waals surface area contributed by atoms with E-state index in [0.717, 1.165) is 0 Å². The molecule has 2 aromatic carbocycles. The molecule has 5 nitrogen and oxygen atoms in total. The summed E-state index contributed by atoms with van der Waals surface area (Å²) in [6, 6.07) is 9.29. The first-order valence-corrected chi connectivity index (χ1v) is 7.62. The molecule has 0 atom stereocenters. The predicted molar refractivity (Wildman–Crippen MR) is 85.8 cm³/mol. The van der Waals surface area contributed by atoms with Crippen LogP contribution >= 0.6 is 0 Å². The van der Waals surface area contributed by atoms with Crippen LogP contribution in [-0.4, -0.2) is 20.9 Å². The Hall–Kier alpha value is -3.37. The highest BCUT2D eigenvalue weighted by molar-refractivity contribution is 6.02. The van der Waals surface area contributed by atoms with Crippen molar-refractivity contribution in [2.75, 3.05) is 5.32 Å². The molecule has 1 amide bonds. The van der Waals surface area contributed by atoms with E-state index in [0.29, 0.717) is 17.8 Å². The molecule has 0 radical (unpaired) electrons. The minimum absolute atomic E-state index is 0.0264. The molecule has 0 fully saturated rings. The minimum Gasteiger partial charge on any atom is -0.321 e. The fraction of sp³-hybridized carbons (Fsp3) is 0.118. The number of alkyl halides is 6. The summed E-state index contributed by atoms with van der Waals surface area (Å²) in [7, 11) is 0. The monoisotopic (exact) mass is 400 g/mol. The topological polar surface area (TPSA) is 59.8 Å². The van der Waals surface area contributed by atoms with Crippen LogP contribution in [0, 0.1) is 0 Å². The van der Waals surface area contributed by atoms with Crippen molar-refractivity contribution < 1.29 is 31.1 Å². The summed E-state index contributed by atoms with van der Waals surface area (Å²) >= 11 is 0. The molecular formula is C17H10F6N4O. The Bertz CT molecular complexity index is 963. The van der Waals surface area contributed by atoms with Crippen molar-refractivity contribution in [1.82, 2.24) is 15.0 Å². The molecule has 0 saturated heterocycles. The normalized spacial score (nSPS) is 12.1. The van der Waals surface area contributed by atoms with Crippen LogP contribution in [0.4, 0.5) is 32.0 Å². The lowest BCUT2D eigenvalue weighted by molar-refractivity contribution is -0.143. The van der Waals surface area contributed by atoms with Crippen molar-refractivity contribution in [2.24, 2.45) is 0 Å². The van der Waals surface area contributed by atoms with Gasteiger partial charge in [0, 0.05) is 5.69 Å². The molecule has 0 aliphatic carbocycles. The van der Waals surface area contributed by atoms with Gasteiger partial charge in [-0.3, -0.25) is 4.79 Å². The lowest BCUT2D eigenvalue weighted by Gasteiger charge is -2.14. The highest BCUT2D eigenvalue weighted by Crippen LogP contribution is 2.37. The Morgan fingerprint density at radius 2 is 1.46 bits per heavy atom. The summed E-state index contributed by atoms with van der Waals surface area (Å²) in [5.74, 6) is -1.00. The van der Waals surface area contributed by atoms with Gasteiger partial charge >= 0.3 is 12.4 Å². The molecule has 11 heteroatoms. The van der Waals surface area contributed by atoms with Crippen molar-refractivity contribution in [2.45, 2.75) is 12.4 Å². The lowest BCUT2D eigenvalue weighted by atomic mass is 10.1. The summed E-state index contributed by atoms with van der Waals surface area (Å²) < 4.78 is 78.5. The first-order valence-electron chi connectivity index (χ1n) is 7.62. The van der Waals surface area contributed by atoms with Crippen LogP contribution in [0.2, 0.25) is 0 Å². The van der Waals surface area contributed by atoms with E-state index in [9.17, 15) is 31.1 Å². The van der Waals surface area contributed by atoms with Crippen LogP contribution in [0.3, 0.4) is 0 Å². The second-order valence-corrected chi connectivity index (χ2v) is 5.63. The van der Waals surface area contributed by atoms with Crippen LogP contribution in [0.25, 0.3) is 5.69 Å². The van der Waals surface area contributed by atoms with Gasteiger partial charge in [0.25, 0.3) is 5.91 Å². The Kier molecular flexibility index (Phi) is 4.84. The predicted octanol–water partition coefficient (Wildman–Crippen LogP) is 4.56. The highest BCUT2D eigenvalue weighted by atomic mass is 19.4. The number of aromatic nitrogens is 3. The molecule has 1 N–H and O–H groups in total. The summed E-state index contributed by atoms with van der Waals surface area (Å²) in [5.41, 5.74) is -3.46. The molecule has 0 aliphatic heterocycles. The Morgan fingerprint density at radius 3 is 2.00 bits per heavy atom. The van der Waals surface area contributed by atoms with Gasteiger partial charge in [0.05, 0.1) is 23.0 Å². The zero-order valence-corrected chi connectivity index (χ0v) is 13.7. The molecule has 1 aromatic heterocycles. The third kappa shape index (κ3) is 4.30. The number of hydrogen-bond acceptors (Lipinski definition) is 3. The number of nitrogens with zero attached hydrogens (tertiary/aromatic N) is 3. The van der Waals surface area contributed by atoms with Gasteiger partial charge in [-0.25, -0.2) is 4.68 Å². The largest absolute Gasteiger partial charge is 0.416 e. The Morgan fingerprint density at radius 1 is 0.893 bits per heavy atom. The second-order valence-electron chi connectivity index (χ2n) is 5.63. The Labute approximate surface area is 153 Å². The summed E-state index contributed by atoms with van der Waals surface area (Å²) in [5, 5.41) is 9.29. The van der Waals surface area contributed by atoms with Crippen LogP contribution in [0.5, 0.6) is 0 Å². The average molecular weight is 400 g/mol. The molecule has 146 valence electrons. The molecular weight excluding hydrogens is 390 g/mol.